The molecule has 1 saturated heterocycles. The molecular formula is C25H20F3NO3S. The minimum atomic E-state index is -4.48. The van der Waals surface area contributed by atoms with Crippen LogP contribution in [-0.4, -0.2) is 33.7 Å². The van der Waals surface area contributed by atoms with Crippen LogP contribution in [0.1, 0.15) is 33.5 Å². The molecule has 0 saturated carbocycles. The topological polar surface area (TPSA) is 57.6 Å². The Morgan fingerprint density at radius 3 is 1.85 bits per heavy atom. The number of hydrogen-bond acceptors (Lipinski definition) is 3. The predicted octanol–water partition coefficient (Wildman–Crippen LogP) is 5.56. The van der Waals surface area contributed by atoms with E-state index in [1.54, 1.807) is 24.3 Å². The molecule has 1 heterocycles. The maximum absolute atomic E-state index is 13.9. The third-order valence-corrected chi connectivity index (χ3v) is 6.90. The average molecular weight is 472 g/mol. The van der Waals surface area contributed by atoms with Crippen molar-refractivity contribution in [1.29, 1.82) is 0 Å². The number of thioether (sulfide) groups is 1. The number of carboxylic acid groups (broad SMARTS) is 1. The standard InChI is InChI=1S/C25H20F3NO3S/c26-25(27,28)19-13-11-18(12-14-19)23-29(20(15-33-23)24(31)32)22(30)21(16-7-3-1-4-8-16)17-9-5-2-6-10-17/h1-14,20-21,23H,15H2,(H,31,32). The lowest BCUT2D eigenvalue weighted by atomic mass is 9.89. The van der Waals surface area contributed by atoms with Gasteiger partial charge < -0.3 is 10.0 Å². The smallest absolute Gasteiger partial charge is 0.416 e. The van der Waals surface area contributed by atoms with Crippen molar-refractivity contribution < 1.29 is 27.9 Å². The lowest BCUT2D eigenvalue weighted by Crippen LogP contribution is -2.45. The number of rotatable bonds is 5. The predicted molar refractivity (Wildman–Crippen MR) is 120 cm³/mol. The lowest BCUT2D eigenvalue weighted by molar-refractivity contribution is -0.149. The molecule has 1 N–H and O–H groups in total. The van der Waals surface area contributed by atoms with E-state index in [4.69, 9.17) is 0 Å². The summed E-state index contributed by atoms with van der Waals surface area (Å²) in [6, 6.07) is 21.5. The summed E-state index contributed by atoms with van der Waals surface area (Å²) in [5.74, 6) is -2.16. The Labute approximate surface area is 193 Å². The van der Waals surface area contributed by atoms with Gasteiger partial charge in [0.1, 0.15) is 11.4 Å². The zero-order valence-corrected chi connectivity index (χ0v) is 18.1. The van der Waals surface area contributed by atoms with Crippen molar-refractivity contribution in [2.75, 3.05) is 5.75 Å². The molecule has 1 aliphatic heterocycles. The number of carbonyl (C=O) groups excluding carboxylic acids is 1. The van der Waals surface area contributed by atoms with Crippen molar-refractivity contribution in [2.45, 2.75) is 23.5 Å². The van der Waals surface area contributed by atoms with Crippen LogP contribution in [0.25, 0.3) is 0 Å². The van der Waals surface area contributed by atoms with Gasteiger partial charge in [-0.15, -0.1) is 11.8 Å². The normalized spacial score (nSPS) is 18.5. The molecule has 0 bridgehead atoms. The number of benzene rings is 3. The van der Waals surface area contributed by atoms with E-state index in [0.717, 1.165) is 12.1 Å². The number of carboxylic acids is 1. The Kier molecular flexibility index (Phi) is 6.47. The van der Waals surface area contributed by atoms with Crippen molar-refractivity contribution in [3.63, 3.8) is 0 Å². The van der Waals surface area contributed by atoms with Gasteiger partial charge in [0, 0.05) is 5.75 Å². The summed E-state index contributed by atoms with van der Waals surface area (Å²) in [6.45, 7) is 0. The zero-order chi connectivity index (χ0) is 23.6. The van der Waals surface area contributed by atoms with E-state index in [0.29, 0.717) is 16.7 Å². The van der Waals surface area contributed by atoms with Gasteiger partial charge in [0.25, 0.3) is 0 Å². The molecule has 1 fully saturated rings. The van der Waals surface area contributed by atoms with Crippen molar-refractivity contribution in [2.24, 2.45) is 0 Å². The molecule has 1 amide bonds. The molecule has 0 aliphatic carbocycles. The van der Waals surface area contributed by atoms with E-state index in [-0.39, 0.29) is 5.75 Å². The molecule has 1 aliphatic rings. The van der Waals surface area contributed by atoms with Crippen LogP contribution in [-0.2, 0) is 15.8 Å². The summed E-state index contributed by atoms with van der Waals surface area (Å²) in [5.41, 5.74) is 1.07. The number of nitrogens with zero attached hydrogens (tertiary/aromatic N) is 1. The maximum Gasteiger partial charge on any atom is 0.416 e. The number of halogens is 3. The second-order valence-corrected chi connectivity index (χ2v) is 8.77. The van der Waals surface area contributed by atoms with Crippen LogP contribution in [0.15, 0.2) is 84.9 Å². The van der Waals surface area contributed by atoms with Crippen LogP contribution in [0.2, 0.25) is 0 Å². The van der Waals surface area contributed by atoms with E-state index < -0.39 is 40.9 Å². The molecule has 33 heavy (non-hydrogen) atoms. The van der Waals surface area contributed by atoms with Crippen LogP contribution in [0.5, 0.6) is 0 Å². The van der Waals surface area contributed by atoms with Gasteiger partial charge in [-0.2, -0.15) is 13.2 Å². The summed E-state index contributed by atoms with van der Waals surface area (Å²) in [5, 5.41) is 9.10. The minimum absolute atomic E-state index is 0.142. The minimum Gasteiger partial charge on any atom is -0.480 e. The van der Waals surface area contributed by atoms with Crippen molar-refractivity contribution >= 4 is 23.6 Å². The van der Waals surface area contributed by atoms with E-state index in [2.05, 4.69) is 0 Å². The van der Waals surface area contributed by atoms with Gasteiger partial charge in [-0.1, -0.05) is 72.8 Å². The molecule has 4 nitrogen and oxygen atoms in total. The summed E-state index contributed by atoms with van der Waals surface area (Å²) < 4.78 is 39.0. The molecule has 170 valence electrons. The molecule has 8 heteroatoms. The molecule has 2 unspecified atom stereocenters. The molecule has 3 aromatic rings. The number of aliphatic carboxylic acids is 1. The molecule has 0 spiro atoms. The van der Waals surface area contributed by atoms with Crippen LogP contribution in [0.4, 0.5) is 13.2 Å². The van der Waals surface area contributed by atoms with Crippen molar-refractivity contribution in [3.8, 4) is 0 Å². The molecule has 0 aromatic heterocycles. The SMILES string of the molecule is O=C(O)C1CSC(c2ccc(C(F)(F)F)cc2)N1C(=O)C(c1ccccc1)c1ccccc1. The molecule has 0 radical (unpaired) electrons. The van der Waals surface area contributed by atoms with Crippen LogP contribution < -0.4 is 0 Å². The number of alkyl halides is 3. The summed E-state index contributed by atoms with van der Waals surface area (Å²) in [4.78, 5) is 27.3. The lowest BCUT2D eigenvalue weighted by Gasteiger charge is -2.32. The highest BCUT2D eigenvalue weighted by atomic mass is 32.2. The van der Waals surface area contributed by atoms with Gasteiger partial charge >= 0.3 is 12.1 Å². The Morgan fingerprint density at radius 1 is 0.879 bits per heavy atom. The Balaban J connectivity index is 1.76. The van der Waals surface area contributed by atoms with Crippen molar-refractivity contribution in [3.05, 3.63) is 107 Å². The second-order valence-electron chi connectivity index (χ2n) is 7.66. The highest BCUT2D eigenvalue weighted by Crippen LogP contribution is 2.44. The van der Waals surface area contributed by atoms with Crippen LogP contribution in [0, 0.1) is 0 Å². The number of hydrogen-bond donors (Lipinski definition) is 1. The summed E-state index contributed by atoms with van der Waals surface area (Å²) >= 11 is 1.23. The fraction of sp³-hybridized carbons (Fsp3) is 0.200. The molecule has 4 rings (SSSR count). The largest absolute Gasteiger partial charge is 0.480 e. The first-order valence-corrected chi connectivity index (χ1v) is 11.3. The highest BCUT2D eigenvalue weighted by Gasteiger charge is 2.45. The van der Waals surface area contributed by atoms with Gasteiger partial charge in [-0.3, -0.25) is 4.79 Å². The van der Waals surface area contributed by atoms with E-state index in [9.17, 15) is 27.9 Å². The van der Waals surface area contributed by atoms with Crippen LogP contribution in [0.3, 0.4) is 0 Å². The van der Waals surface area contributed by atoms with Crippen LogP contribution >= 0.6 is 11.8 Å². The first-order chi connectivity index (χ1) is 15.8. The Bertz CT molecular complexity index is 1080. The Morgan fingerprint density at radius 2 is 1.39 bits per heavy atom. The Hall–Kier alpha value is -3.26. The van der Waals surface area contributed by atoms with Crippen molar-refractivity contribution in [1.82, 2.24) is 4.90 Å². The second kappa shape index (κ2) is 9.31. The third-order valence-electron chi connectivity index (χ3n) is 5.58. The van der Waals surface area contributed by atoms with E-state index in [1.165, 1.54) is 28.8 Å². The van der Waals surface area contributed by atoms with Gasteiger partial charge in [-0.05, 0) is 28.8 Å². The number of carbonyl (C=O) groups is 2. The summed E-state index contributed by atoms with van der Waals surface area (Å²) in [6.07, 6.45) is -4.48. The molecule has 2 atom stereocenters. The van der Waals surface area contributed by atoms with E-state index in [1.807, 2.05) is 36.4 Å². The van der Waals surface area contributed by atoms with Gasteiger partial charge in [0.2, 0.25) is 5.91 Å². The average Bonchev–Trinajstić information content (AvgIpc) is 3.26. The zero-order valence-electron chi connectivity index (χ0n) is 17.3. The van der Waals surface area contributed by atoms with Gasteiger partial charge in [-0.25, -0.2) is 4.79 Å². The molecular weight excluding hydrogens is 451 g/mol. The highest BCUT2D eigenvalue weighted by molar-refractivity contribution is 7.99. The first kappa shape index (κ1) is 22.9. The van der Waals surface area contributed by atoms with Gasteiger partial charge in [0.15, 0.2) is 0 Å². The fourth-order valence-corrected chi connectivity index (χ4v) is 5.41. The van der Waals surface area contributed by atoms with Gasteiger partial charge in [0.05, 0.1) is 11.5 Å². The fourth-order valence-electron chi connectivity index (χ4n) is 3.98. The quantitative estimate of drug-likeness (QED) is 0.529. The monoisotopic (exact) mass is 471 g/mol. The third kappa shape index (κ3) is 4.75. The van der Waals surface area contributed by atoms with E-state index >= 15 is 0 Å². The maximum atomic E-state index is 13.9. The molecule has 3 aromatic carbocycles. The summed E-state index contributed by atoms with van der Waals surface area (Å²) in [7, 11) is 0. The number of amides is 1. The first-order valence-electron chi connectivity index (χ1n) is 10.2.